The summed E-state index contributed by atoms with van der Waals surface area (Å²) in [7, 11) is 0. The van der Waals surface area contributed by atoms with Gasteiger partial charge >= 0.3 is 0 Å². The predicted octanol–water partition coefficient (Wildman–Crippen LogP) is 1.98. The lowest BCUT2D eigenvalue weighted by atomic mass is 9.99. The molecule has 1 N–H and O–H groups in total. The lowest BCUT2D eigenvalue weighted by Crippen LogP contribution is -2.28. The van der Waals surface area contributed by atoms with Crippen molar-refractivity contribution in [1.29, 1.82) is 0 Å². The van der Waals surface area contributed by atoms with Crippen molar-refractivity contribution >= 4 is 12.4 Å². The molecule has 1 atom stereocenters. The Hall–Kier alpha value is -0.0100. The summed E-state index contributed by atoms with van der Waals surface area (Å²) in [6.07, 6.45) is 7.16. The van der Waals surface area contributed by atoms with Gasteiger partial charge < -0.3 is 5.32 Å². The first-order valence-corrected chi connectivity index (χ1v) is 3.77. The van der Waals surface area contributed by atoms with Crippen LogP contribution < -0.4 is 5.32 Å². The van der Waals surface area contributed by atoms with Crippen LogP contribution in [0.3, 0.4) is 0 Å². The molecule has 0 aromatic carbocycles. The lowest BCUT2D eigenvalue weighted by molar-refractivity contribution is 0.438. The highest BCUT2D eigenvalue weighted by molar-refractivity contribution is 5.85. The first-order valence-electron chi connectivity index (χ1n) is 3.77. The van der Waals surface area contributed by atoms with Crippen LogP contribution in [0.15, 0.2) is 12.2 Å². The van der Waals surface area contributed by atoms with E-state index in [0.717, 1.165) is 5.92 Å². The molecule has 0 saturated carbocycles. The van der Waals surface area contributed by atoms with Crippen LogP contribution in [0.2, 0.25) is 0 Å². The first kappa shape index (κ1) is 9.99. The fraction of sp³-hybridized carbons (Fsp3) is 0.750. The van der Waals surface area contributed by atoms with Crippen LogP contribution in [0, 0.1) is 5.92 Å². The van der Waals surface area contributed by atoms with Gasteiger partial charge in [-0.3, -0.25) is 0 Å². The molecule has 1 aliphatic rings. The summed E-state index contributed by atoms with van der Waals surface area (Å²) in [6, 6.07) is 0. The van der Waals surface area contributed by atoms with Crippen molar-refractivity contribution in [2.75, 3.05) is 13.1 Å². The molecule has 1 nitrogen and oxygen atoms in total. The van der Waals surface area contributed by atoms with Crippen molar-refractivity contribution in [2.24, 2.45) is 5.92 Å². The minimum Gasteiger partial charge on any atom is -0.316 e. The van der Waals surface area contributed by atoms with Crippen molar-refractivity contribution in [2.45, 2.75) is 19.8 Å². The van der Waals surface area contributed by atoms with Crippen molar-refractivity contribution < 1.29 is 0 Å². The largest absolute Gasteiger partial charge is 0.316 e. The highest BCUT2D eigenvalue weighted by Crippen LogP contribution is 2.10. The smallest absolute Gasteiger partial charge is 0.00142 e. The molecule has 0 aromatic heterocycles. The molecule has 10 heavy (non-hydrogen) atoms. The zero-order valence-corrected chi connectivity index (χ0v) is 7.29. The molecule has 0 spiro atoms. The van der Waals surface area contributed by atoms with Gasteiger partial charge in [-0.05, 0) is 32.2 Å². The fourth-order valence-electron chi connectivity index (χ4n) is 1.32. The van der Waals surface area contributed by atoms with Crippen molar-refractivity contribution in [1.82, 2.24) is 5.32 Å². The number of nitrogens with one attached hydrogen (secondary N) is 1. The molecule has 1 fully saturated rings. The van der Waals surface area contributed by atoms with Gasteiger partial charge in [-0.1, -0.05) is 12.2 Å². The van der Waals surface area contributed by atoms with Crippen LogP contribution in [-0.2, 0) is 0 Å². The van der Waals surface area contributed by atoms with Crippen LogP contribution in [-0.4, -0.2) is 13.1 Å². The molecule has 1 saturated heterocycles. The van der Waals surface area contributed by atoms with E-state index in [1.54, 1.807) is 0 Å². The molecule has 0 amide bonds. The number of piperidine rings is 1. The topological polar surface area (TPSA) is 12.0 Å². The molecular weight excluding hydrogens is 146 g/mol. The van der Waals surface area contributed by atoms with Crippen LogP contribution >= 0.6 is 12.4 Å². The number of allylic oxidation sites excluding steroid dienone is 1. The van der Waals surface area contributed by atoms with Gasteiger partial charge in [-0.15, -0.1) is 12.4 Å². The molecule has 0 radical (unpaired) electrons. The van der Waals surface area contributed by atoms with E-state index in [1.165, 1.54) is 25.9 Å². The van der Waals surface area contributed by atoms with Crippen LogP contribution in [0.5, 0.6) is 0 Å². The lowest BCUT2D eigenvalue weighted by Gasteiger charge is -2.18. The van der Waals surface area contributed by atoms with Gasteiger partial charge in [0.2, 0.25) is 0 Å². The quantitative estimate of drug-likeness (QED) is 0.580. The third kappa shape index (κ3) is 3.23. The van der Waals surface area contributed by atoms with Gasteiger partial charge in [-0.2, -0.15) is 0 Å². The average molecular weight is 162 g/mol. The van der Waals surface area contributed by atoms with Gasteiger partial charge in [0.15, 0.2) is 0 Å². The van der Waals surface area contributed by atoms with E-state index in [4.69, 9.17) is 0 Å². The molecule has 2 heteroatoms. The van der Waals surface area contributed by atoms with E-state index >= 15 is 0 Å². The minimum atomic E-state index is 0. The van der Waals surface area contributed by atoms with E-state index in [0.29, 0.717) is 0 Å². The Labute approximate surface area is 69.3 Å². The summed E-state index contributed by atoms with van der Waals surface area (Å²) in [4.78, 5) is 0. The van der Waals surface area contributed by atoms with Crippen molar-refractivity contribution in [3.8, 4) is 0 Å². The van der Waals surface area contributed by atoms with Crippen LogP contribution in [0.1, 0.15) is 19.8 Å². The van der Waals surface area contributed by atoms with Gasteiger partial charge in [0, 0.05) is 6.54 Å². The summed E-state index contributed by atoms with van der Waals surface area (Å²) in [5.41, 5.74) is 0. The molecule has 1 aliphatic heterocycles. The molecular formula is C8H16ClN. The third-order valence-electron chi connectivity index (χ3n) is 1.80. The van der Waals surface area contributed by atoms with Gasteiger partial charge in [-0.25, -0.2) is 0 Å². The number of hydrogen-bond donors (Lipinski definition) is 1. The Kier molecular flexibility index (Phi) is 5.74. The maximum atomic E-state index is 3.37. The third-order valence-corrected chi connectivity index (χ3v) is 1.80. The van der Waals surface area contributed by atoms with E-state index in [2.05, 4.69) is 24.4 Å². The van der Waals surface area contributed by atoms with Crippen LogP contribution in [0.4, 0.5) is 0 Å². The van der Waals surface area contributed by atoms with Gasteiger partial charge in [0.25, 0.3) is 0 Å². The molecule has 1 rings (SSSR count). The summed E-state index contributed by atoms with van der Waals surface area (Å²) < 4.78 is 0. The second-order valence-electron chi connectivity index (χ2n) is 2.63. The van der Waals surface area contributed by atoms with E-state index in [9.17, 15) is 0 Å². The molecule has 1 unspecified atom stereocenters. The van der Waals surface area contributed by atoms with E-state index < -0.39 is 0 Å². The van der Waals surface area contributed by atoms with Gasteiger partial charge in [0.05, 0.1) is 0 Å². The first-order chi connectivity index (χ1) is 4.43. The van der Waals surface area contributed by atoms with E-state index in [-0.39, 0.29) is 12.4 Å². The number of hydrogen-bond acceptors (Lipinski definition) is 1. The molecule has 0 aromatic rings. The second-order valence-corrected chi connectivity index (χ2v) is 2.63. The second kappa shape index (κ2) is 5.75. The monoisotopic (exact) mass is 161 g/mol. The normalized spacial score (nSPS) is 26.3. The molecule has 1 heterocycles. The Morgan fingerprint density at radius 3 is 2.80 bits per heavy atom. The van der Waals surface area contributed by atoms with Crippen LogP contribution in [0.25, 0.3) is 0 Å². The summed E-state index contributed by atoms with van der Waals surface area (Å²) >= 11 is 0. The minimum absolute atomic E-state index is 0. The fourth-order valence-corrected chi connectivity index (χ4v) is 1.32. The maximum absolute atomic E-state index is 3.37. The number of rotatable bonds is 1. The summed E-state index contributed by atoms with van der Waals surface area (Å²) in [5, 5.41) is 3.37. The predicted molar refractivity (Wildman–Crippen MR) is 47.7 cm³/mol. The highest BCUT2D eigenvalue weighted by Gasteiger charge is 2.07. The van der Waals surface area contributed by atoms with Crippen molar-refractivity contribution in [3.63, 3.8) is 0 Å². The summed E-state index contributed by atoms with van der Waals surface area (Å²) in [5.74, 6) is 0.809. The molecule has 0 bridgehead atoms. The Morgan fingerprint density at radius 2 is 2.30 bits per heavy atom. The molecule has 0 aliphatic carbocycles. The highest BCUT2D eigenvalue weighted by atomic mass is 35.5. The molecule has 60 valence electrons. The SMILES string of the molecule is C/C=C/C1CCCNC1.Cl. The Morgan fingerprint density at radius 1 is 1.50 bits per heavy atom. The average Bonchev–Trinajstić information content (AvgIpc) is 1.91. The van der Waals surface area contributed by atoms with Gasteiger partial charge in [0.1, 0.15) is 0 Å². The zero-order valence-electron chi connectivity index (χ0n) is 6.47. The Bertz CT molecular complexity index is 95.4. The van der Waals surface area contributed by atoms with Crippen molar-refractivity contribution in [3.05, 3.63) is 12.2 Å². The Balaban J connectivity index is 0.000000810. The zero-order chi connectivity index (χ0) is 6.53. The standard InChI is InChI=1S/C8H15N.ClH/c1-2-4-8-5-3-6-9-7-8;/h2,4,8-9H,3,5-7H2,1H3;1H/b4-2+;. The number of halogens is 1. The summed E-state index contributed by atoms with van der Waals surface area (Å²) in [6.45, 7) is 4.49. The van der Waals surface area contributed by atoms with E-state index in [1.807, 2.05) is 0 Å². The maximum Gasteiger partial charge on any atom is 0.00142 e.